The number of nitrogens with zero attached hydrogens (tertiary/aromatic N) is 4. The van der Waals surface area contributed by atoms with Crippen LogP contribution in [0.3, 0.4) is 0 Å². The Morgan fingerprint density at radius 3 is 3.00 bits per heavy atom. The highest BCUT2D eigenvalue weighted by atomic mass is 16.5. The summed E-state index contributed by atoms with van der Waals surface area (Å²) in [7, 11) is 0. The fourth-order valence-corrected chi connectivity index (χ4v) is 2.57. The van der Waals surface area contributed by atoms with Crippen LogP contribution in [0.25, 0.3) is 5.69 Å². The second-order valence-electron chi connectivity index (χ2n) is 5.41. The number of amides is 1. The Morgan fingerprint density at radius 2 is 2.23 bits per heavy atom. The molecule has 0 radical (unpaired) electrons. The van der Waals surface area contributed by atoms with Crippen LogP contribution in [0.1, 0.15) is 25.1 Å². The van der Waals surface area contributed by atoms with Crippen molar-refractivity contribution in [1.82, 2.24) is 25.5 Å². The number of carbonyl (C=O) groups is 1. The average Bonchev–Trinajstić information content (AvgIpc) is 3.03. The third-order valence-electron chi connectivity index (χ3n) is 3.71. The number of carbonyl (C=O) groups excluding carboxylic acids is 1. The molecule has 1 atom stereocenters. The van der Waals surface area contributed by atoms with Gasteiger partial charge in [-0.3, -0.25) is 4.79 Å². The fraction of sp³-hybridized carbons (Fsp3) is 0.467. The van der Waals surface area contributed by atoms with Gasteiger partial charge in [-0.2, -0.15) is 4.68 Å². The summed E-state index contributed by atoms with van der Waals surface area (Å²) in [6.45, 7) is 1.80. The number of aromatic nitrogens is 4. The maximum absolute atomic E-state index is 12.0. The van der Waals surface area contributed by atoms with Gasteiger partial charge >= 0.3 is 0 Å². The van der Waals surface area contributed by atoms with Crippen molar-refractivity contribution in [3.63, 3.8) is 0 Å². The molecule has 1 aromatic carbocycles. The monoisotopic (exact) mass is 301 g/mol. The number of nitrogens with one attached hydrogen (secondary N) is 1. The molecule has 1 N–H and O–H groups in total. The molecular weight excluding hydrogens is 282 g/mol. The quantitative estimate of drug-likeness (QED) is 0.894. The van der Waals surface area contributed by atoms with Gasteiger partial charge in [-0.05, 0) is 41.3 Å². The van der Waals surface area contributed by atoms with Crippen molar-refractivity contribution in [1.29, 1.82) is 0 Å². The van der Waals surface area contributed by atoms with E-state index in [1.165, 1.54) is 0 Å². The third-order valence-corrected chi connectivity index (χ3v) is 3.71. The van der Waals surface area contributed by atoms with Crippen LogP contribution in [0.15, 0.2) is 30.3 Å². The van der Waals surface area contributed by atoms with Crippen LogP contribution in [-0.2, 0) is 16.1 Å². The molecule has 2 aromatic rings. The maximum atomic E-state index is 12.0. The lowest BCUT2D eigenvalue weighted by Gasteiger charge is -2.21. The first kappa shape index (κ1) is 14.6. The van der Waals surface area contributed by atoms with Crippen molar-refractivity contribution in [2.75, 3.05) is 13.2 Å². The smallest absolute Gasteiger partial charge is 0.220 e. The Bertz CT molecular complexity index is 607. The summed E-state index contributed by atoms with van der Waals surface area (Å²) in [5.74, 6) is 0.941. The van der Waals surface area contributed by atoms with Gasteiger partial charge in [0.1, 0.15) is 0 Å². The Balaban J connectivity index is 1.55. The van der Waals surface area contributed by atoms with E-state index in [1.54, 1.807) is 4.68 Å². The first-order valence-electron chi connectivity index (χ1n) is 7.50. The van der Waals surface area contributed by atoms with Gasteiger partial charge in [-0.1, -0.05) is 18.2 Å². The number of ether oxygens (including phenoxy) is 1. The molecule has 1 aromatic heterocycles. The Kier molecular flexibility index (Phi) is 4.75. The molecule has 7 nitrogen and oxygen atoms in total. The zero-order valence-corrected chi connectivity index (χ0v) is 12.3. The minimum absolute atomic E-state index is 0.0121. The number of hydrogen-bond donors (Lipinski definition) is 1. The zero-order valence-electron chi connectivity index (χ0n) is 12.3. The SMILES string of the molecule is O=C(CC1CCCOC1)NCc1nnnn1-c1ccccc1. The molecule has 1 aliphatic heterocycles. The maximum Gasteiger partial charge on any atom is 0.220 e. The molecule has 1 fully saturated rings. The second kappa shape index (κ2) is 7.13. The predicted octanol–water partition coefficient (Wildman–Crippen LogP) is 1.10. The van der Waals surface area contributed by atoms with Gasteiger partial charge in [0.05, 0.1) is 12.2 Å². The van der Waals surface area contributed by atoms with Gasteiger partial charge in [-0.25, -0.2) is 0 Å². The molecule has 0 spiro atoms. The van der Waals surface area contributed by atoms with E-state index >= 15 is 0 Å². The minimum atomic E-state index is 0.0121. The van der Waals surface area contributed by atoms with Crippen molar-refractivity contribution < 1.29 is 9.53 Å². The van der Waals surface area contributed by atoms with E-state index in [0.717, 1.165) is 25.1 Å². The molecule has 22 heavy (non-hydrogen) atoms. The summed E-state index contributed by atoms with van der Waals surface area (Å²) >= 11 is 0. The van der Waals surface area contributed by atoms with E-state index in [2.05, 4.69) is 20.8 Å². The van der Waals surface area contributed by atoms with Gasteiger partial charge in [0.25, 0.3) is 0 Å². The molecule has 7 heteroatoms. The summed E-state index contributed by atoms with van der Waals surface area (Å²) in [6.07, 6.45) is 2.58. The first-order chi connectivity index (χ1) is 10.8. The highest BCUT2D eigenvalue weighted by Gasteiger charge is 2.18. The van der Waals surface area contributed by atoms with Gasteiger partial charge in [0.15, 0.2) is 5.82 Å². The van der Waals surface area contributed by atoms with Gasteiger partial charge < -0.3 is 10.1 Å². The van der Waals surface area contributed by atoms with Crippen LogP contribution in [0.2, 0.25) is 0 Å². The third kappa shape index (κ3) is 3.67. The topological polar surface area (TPSA) is 81.9 Å². The van der Waals surface area contributed by atoms with Crippen LogP contribution in [0, 0.1) is 5.92 Å². The van der Waals surface area contributed by atoms with Crippen molar-refractivity contribution in [2.45, 2.75) is 25.8 Å². The Labute approximate surface area is 128 Å². The molecule has 116 valence electrons. The normalized spacial score (nSPS) is 18.1. The van der Waals surface area contributed by atoms with E-state index in [0.29, 0.717) is 31.3 Å². The van der Waals surface area contributed by atoms with Crippen molar-refractivity contribution in [2.24, 2.45) is 5.92 Å². The number of tetrazole rings is 1. The molecule has 1 amide bonds. The summed E-state index contributed by atoms with van der Waals surface area (Å²) < 4.78 is 7.02. The van der Waals surface area contributed by atoms with E-state index < -0.39 is 0 Å². The average molecular weight is 301 g/mol. The number of para-hydroxylation sites is 1. The zero-order chi connectivity index (χ0) is 15.2. The summed E-state index contributed by atoms with van der Waals surface area (Å²) in [5.41, 5.74) is 0.873. The molecule has 0 saturated carbocycles. The van der Waals surface area contributed by atoms with Crippen molar-refractivity contribution >= 4 is 5.91 Å². The van der Waals surface area contributed by atoms with Gasteiger partial charge in [0, 0.05) is 19.6 Å². The van der Waals surface area contributed by atoms with E-state index in [1.807, 2.05) is 30.3 Å². The summed E-state index contributed by atoms with van der Waals surface area (Å²) in [5, 5.41) is 14.5. The lowest BCUT2D eigenvalue weighted by atomic mass is 9.98. The Hall–Kier alpha value is -2.28. The molecular formula is C15H19N5O2. The summed E-state index contributed by atoms with van der Waals surface area (Å²) in [6, 6.07) is 9.61. The van der Waals surface area contributed by atoms with Crippen LogP contribution in [-0.4, -0.2) is 39.3 Å². The molecule has 1 aliphatic rings. The van der Waals surface area contributed by atoms with E-state index in [4.69, 9.17) is 4.74 Å². The predicted molar refractivity (Wildman–Crippen MR) is 79.2 cm³/mol. The molecule has 2 heterocycles. The number of hydrogen-bond acceptors (Lipinski definition) is 5. The lowest BCUT2D eigenvalue weighted by molar-refractivity contribution is -0.123. The van der Waals surface area contributed by atoms with Crippen molar-refractivity contribution in [3.05, 3.63) is 36.2 Å². The summed E-state index contributed by atoms with van der Waals surface area (Å²) in [4.78, 5) is 12.0. The molecule has 3 rings (SSSR count). The minimum Gasteiger partial charge on any atom is -0.381 e. The number of benzene rings is 1. The largest absolute Gasteiger partial charge is 0.381 e. The first-order valence-corrected chi connectivity index (χ1v) is 7.50. The van der Waals surface area contributed by atoms with E-state index in [9.17, 15) is 4.79 Å². The fourth-order valence-electron chi connectivity index (χ4n) is 2.57. The van der Waals surface area contributed by atoms with Gasteiger partial charge in [0.2, 0.25) is 5.91 Å². The Morgan fingerprint density at radius 1 is 1.36 bits per heavy atom. The molecule has 1 saturated heterocycles. The lowest BCUT2D eigenvalue weighted by Crippen LogP contribution is -2.29. The van der Waals surface area contributed by atoms with E-state index in [-0.39, 0.29) is 5.91 Å². The standard InChI is InChI=1S/C15H19N5O2/c21-15(9-12-5-4-8-22-11-12)16-10-14-17-18-19-20(14)13-6-2-1-3-7-13/h1-3,6-7,12H,4-5,8-11H2,(H,16,21). The highest BCUT2D eigenvalue weighted by Crippen LogP contribution is 2.16. The second-order valence-corrected chi connectivity index (χ2v) is 5.41. The van der Waals surface area contributed by atoms with Crippen molar-refractivity contribution in [3.8, 4) is 5.69 Å². The molecule has 0 bridgehead atoms. The van der Waals surface area contributed by atoms with Crippen LogP contribution >= 0.6 is 0 Å². The molecule has 0 aliphatic carbocycles. The molecule has 1 unspecified atom stereocenters. The van der Waals surface area contributed by atoms with Crippen LogP contribution < -0.4 is 5.32 Å². The van der Waals surface area contributed by atoms with Crippen LogP contribution in [0.4, 0.5) is 0 Å². The highest BCUT2D eigenvalue weighted by molar-refractivity contribution is 5.76. The number of rotatable bonds is 5. The van der Waals surface area contributed by atoms with Gasteiger partial charge in [-0.15, -0.1) is 5.10 Å². The van der Waals surface area contributed by atoms with Crippen LogP contribution in [0.5, 0.6) is 0 Å².